The molecule has 0 bridgehead atoms. The number of benzene rings is 1. The van der Waals surface area contributed by atoms with Gasteiger partial charge in [0, 0.05) is 29.6 Å². The summed E-state index contributed by atoms with van der Waals surface area (Å²) in [6.07, 6.45) is 0. The van der Waals surface area contributed by atoms with Crippen LogP contribution in [0.3, 0.4) is 0 Å². The first-order chi connectivity index (χ1) is 8.40. The van der Waals surface area contributed by atoms with E-state index in [2.05, 4.69) is 0 Å². The normalized spacial score (nSPS) is 10.9. The Bertz CT molecular complexity index is 383. The highest BCUT2D eigenvalue weighted by atomic mass is 79.9. The van der Waals surface area contributed by atoms with Crippen LogP contribution in [0.5, 0.6) is 0 Å². The summed E-state index contributed by atoms with van der Waals surface area (Å²) in [5.74, 6) is 0.158. The fourth-order valence-corrected chi connectivity index (χ4v) is 2.08. The predicted molar refractivity (Wildman–Crippen MR) is 86.7 cm³/mol. The fraction of sp³-hybridized carbons (Fsp3) is 0.500. The van der Waals surface area contributed by atoms with E-state index < -0.39 is 0 Å². The van der Waals surface area contributed by atoms with Gasteiger partial charge in [0.15, 0.2) is 5.78 Å². The molecule has 1 rings (SSSR count). The van der Waals surface area contributed by atoms with Crippen LogP contribution in [0.1, 0.15) is 10.4 Å². The molecule has 5 heteroatoms. The molecule has 0 aliphatic carbocycles. The maximum atomic E-state index is 12.4. The molecule has 3 nitrogen and oxygen atoms in total. The minimum absolute atomic E-state index is 0. The van der Waals surface area contributed by atoms with Crippen LogP contribution < -0.4 is 0 Å². The summed E-state index contributed by atoms with van der Waals surface area (Å²) in [4.78, 5) is 16.5. The van der Waals surface area contributed by atoms with Gasteiger partial charge in [0.2, 0.25) is 0 Å². The van der Waals surface area contributed by atoms with Gasteiger partial charge in [-0.25, -0.2) is 0 Å². The zero-order valence-corrected chi connectivity index (χ0v) is 14.4. The minimum atomic E-state index is -0.0174. The smallest absolute Gasteiger partial charge is 0.168 e. The molecule has 0 aromatic heterocycles. The molecule has 0 aliphatic rings. The van der Waals surface area contributed by atoms with E-state index in [9.17, 15) is 4.79 Å². The molecule has 1 aromatic carbocycles. The molecule has 0 amide bonds. The van der Waals surface area contributed by atoms with Crippen LogP contribution >= 0.6 is 28.6 Å². The summed E-state index contributed by atoms with van der Waals surface area (Å²) < 4.78 is 0. The molecule has 0 atom stereocenters. The summed E-state index contributed by atoms with van der Waals surface area (Å²) >= 11 is 5.84. The number of hydrogen-bond acceptors (Lipinski definition) is 3. The van der Waals surface area contributed by atoms with Gasteiger partial charge in [0.1, 0.15) is 0 Å². The average molecular weight is 350 g/mol. The lowest BCUT2D eigenvalue weighted by molar-refractivity contribution is 0.0871. The Morgan fingerprint density at radius 3 is 1.84 bits per heavy atom. The Morgan fingerprint density at radius 1 is 1.05 bits per heavy atom. The molecule has 0 unspecified atom stereocenters. The average Bonchev–Trinajstić information content (AvgIpc) is 2.27. The third kappa shape index (κ3) is 6.52. The number of halogens is 2. The summed E-state index contributed by atoms with van der Waals surface area (Å²) in [6.45, 7) is 1.50. The Hall–Kier alpha value is -0.420. The zero-order chi connectivity index (χ0) is 13.7. The maximum absolute atomic E-state index is 12.4. The molecular weight excluding hydrogens is 328 g/mol. The lowest BCUT2D eigenvalue weighted by Gasteiger charge is -2.23. The van der Waals surface area contributed by atoms with Gasteiger partial charge in [-0.05, 0) is 52.5 Å². The van der Waals surface area contributed by atoms with Gasteiger partial charge in [-0.1, -0.05) is 11.6 Å². The van der Waals surface area contributed by atoms with Crippen LogP contribution in [0, 0.1) is 5.92 Å². The summed E-state index contributed by atoms with van der Waals surface area (Å²) in [6, 6.07) is 7.11. The predicted octanol–water partition coefficient (Wildman–Crippen LogP) is 2.84. The van der Waals surface area contributed by atoms with E-state index >= 15 is 0 Å². The van der Waals surface area contributed by atoms with E-state index in [-0.39, 0.29) is 28.7 Å². The molecule has 0 N–H and O–H groups in total. The Labute approximate surface area is 131 Å². The molecular formula is C14H22BrClN2O. The van der Waals surface area contributed by atoms with Crippen LogP contribution in [0.2, 0.25) is 5.02 Å². The molecule has 19 heavy (non-hydrogen) atoms. The molecule has 0 aliphatic heterocycles. The minimum Gasteiger partial charge on any atom is -0.309 e. The molecule has 0 saturated carbocycles. The second kappa shape index (κ2) is 8.69. The van der Waals surface area contributed by atoms with Crippen molar-refractivity contribution in [3.8, 4) is 0 Å². The van der Waals surface area contributed by atoms with Crippen molar-refractivity contribution in [2.45, 2.75) is 0 Å². The number of ketones is 1. The van der Waals surface area contributed by atoms with Crippen LogP contribution in [0.15, 0.2) is 24.3 Å². The van der Waals surface area contributed by atoms with Gasteiger partial charge in [-0.2, -0.15) is 0 Å². The van der Waals surface area contributed by atoms with Crippen molar-refractivity contribution in [3.63, 3.8) is 0 Å². The maximum Gasteiger partial charge on any atom is 0.168 e. The van der Waals surface area contributed by atoms with E-state index in [1.165, 1.54) is 0 Å². The van der Waals surface area contributed by atoms with E-state index in [0.29, 0.717) is 5.02 Å². The molecule has 0 radical (unpaired) electrons. The first-order valence-electron chi connectivity index (χ1n) is 5.99. The first kappa shape index (κ1) is 18.6. The van der Waals surface area contributed by atoms with Gasteiger partial charge in [-0.3, -0.25) is 4.79 Å². The highest BCUT2D eigenvalue weighted by Crippen LogP contribution is 2.14. The van der Waals surface area contributed by atoms with Crippen LogP contribution in [-0.4, -0.2) is 56.9 Å². The number of hydrogen-bond donors (Lipinski definition) is 0. The van der Waals surface area contributed by atoms with Crippen molar-refractivity contribution in [1.29, 1.82) is 0 Å². The van der Waals surface area contributed by atoms with Gasteiger partial charge < -0.3 is 9.80 Å². The van der Waals surface area contributed by atoms with Crippen molar-refractivity contribution >= 4 is 34.4 Å². The lowest BCUT2D eigenvalue weighted by atomic mass is 9.96. The molecule has 0 heterocycles. The Balaban J connectivity index is 0.00000324. The van der Waals surface area contributed by atoms with Gasteiger partial charge in [0.25, 0.3) is 0 Å². The third-order valence-corrected chi connectivity index (χ3v) is 2.92. The van der Waals surface area contributed by atoms with Gasteiger partial charge >= 0.3 is 0 Å². The van der Waals surface area contributed by atoms with Crippen molar-refractivity contribution in [2.75, 3.05) is 41.3 Å². The molecule has 0 fully saturated rings. The highest BCUT2D eigenvalue weighted by Gasteiger charge is 2.21. The number of carbonyl (C=O) groups excluding carboxylic acids is 1. The fourth-order valence-electron chi connectivity index (χ4n) is 1.95. The van der Waals surface area contributed by atoms with Crippen molar-refractivity contribution in [3.05, 3.63) is 34.9 Å². The van der Waals surface area contributed by atoms with E-state index in [1.807, 2.05) is 38.0 Å². The zero-order valence-electron chi connectivity index (χ0n) is 11.9. The van der Waals surface area contributed by atoms with Crippen molar-refractivity contribution in [1.82, 2.24) is 9.80 Å². The molecule has 1 aromatic rings. The van der Waals surface area contributed by atoms with E-state index in [0.717, 1.165) is 18.7 Å². The number of Topliss-reactive ketones (excluding diaryl/α,β-unsaturated/α-hetero) is 1. The Morgan fingerprint density at radius 2 is 1.47 bits per heavy atom. The van der Waals surface area contributed by atoms with E-state index in [4.69, 9.17) is 11.6 Å². The lowest BCUT2D eigenvalue weighted by Crippen LogP contribution is -2.35. The first-order valence-corrected chi connectivity index (χ1v) is 6.37. The molecule has 0 saturated heterocycles. The quantitative estimate of drug-likeness (QED) is 0.738. The largest absolute Gasteiger partial charge is 0.309 e. The molecule has 0 spiro atoms. The van der Waals surface area contributed by atoms with Crippen molar-refractivity contribution in [2.24, 2.45) is 5.92 Å². The Kier molecular flexibility index (Phi) is 8.50. The SMILES string of the molecule is Br.CN(C)CC(CN(C)C)C(=O)c1ccc(Cl)cc1. The second-order valence-corrected chi connectivity index (χ2v) is 5.53. The standard InChI is InChI=1S/C14H21ClN2O.BrH/c1-16(2)9-12(10-17(3)4)14(18)11-5-7-13(15)8-6-11;/h5-8,12H,9-10H2,1-4H3;1H. The van der Waals surface area contributed by atoms with Crippen LogP contribution in [0.4, 0.5) is 0 Å². The topological polar surface area (TPSA) is 23.6 Å². The van der Waals surface area contributed by atoms with Gasteiger partial charge in [0.05, 0.1) is 0 Å². The number of carbonyl (C=O) groups is 1. The van der Waals surface area contributed by atoms with Crippen LogP contribution in [-0.2, 0) is 0 Å². The summed E-state index contributed by atoms with van der Waals surface area (Å²) in [7, 11) is 7.94. The second-order valence-electron chi connectivity index (χ2n) is 5.09. The van der Waals surface area contributed by atoms with E-state index in [1.54, 1.807) is 24.3 Å². The monoisotopic (exact) mass is 348 g/mol. The van der Waals surface area contributed by atoms with Crippen LogP contribution in [0.25, 0.3) is 0 Å². The summed E-state index contributed by atoms with van der Waals surface area (Å²) in [5.41, 5.74) is 0.730. The molecule has 108 valence electrons. The highest BCUT2D eigenvalue weighted by molar-refractivity contribution is 8.93. The number of rotatable bonds is 6. The summed E-state index contributed by atoms with van der Waals surface area (Å²) in [5, 5.41) is 0.656. The number of nitrogens with zero attached hydrogens (tertiary/aromatic N) is 2. The van der Waals surface area contributed by atoms with Gasteiger partial charge in [-0.15, -0.1) is 17.0 Å². The van der Waals surface area contributed by atoms with Crippen molar-refractivity contribution < 1.29 is 4.79 Å². The third-order valence-electron chi connectivity index (χ3n) is 2.67.